The zero-order chi connectivity index (χ0) is 20.0. The highest BCUT2D eigenvalue weighted by Crippen LogP contribution is 2.19. The van der Waals surface area contributed by atoms with Gasteiger partial charge in [-0.2, -0.15) is 0 Å². The van der Waals surface area contributed by atoms with E-state index in [1.54, 1.807) is 25.1 Å². The largest absolute Gasteiger partial charge is 0.462 e. The minimum Gasteiger partial charge on any atom is -0.462 e. The molecular weight excluding hydrogens is 368 g/mol. The van der Waals surface area contributed by atoms with Crippen LogP contribution in [0.3, 0.4) is 0 Å². The van der Waals surface area contributed by atoms with Gasteiger partial charge in [-0.1, -0.05) is 6.07 Å². The molecule has 2 rings (SSSR count). The number of ether oxygens (including phenoxy) is 1. The van der Waals surface area contributed by atoms with Crippen LogP contribution in [0, 0.1) is 6.92 Å². The third-order valence-electron chi connectivity index (χ3n) is 3.80. The van der Waals surface area contributed by atoms with Gasteiger partial charge in [0.15, 0.2) is 0 Å². The van der Waals surface area contributed by atoms with Gasteiger partial charge < -0.3 is 10.1 Å². The molecule has 0 aliphatic rings. The number of sulfonamides is 1. The quantitative estimate of drug-likeness (QED) is 0.707. The second-order valence-corrected chi connectivity index (χ2v) is 7.80. The van der Waals surface area contributed by atoms with E-state index in [1.165, 1.54) is 31.2 Å². The summed E-state index contributed by atoms with van der Waals surface area (Å²) in [6.07, 6.45) is 0. The van der Waals surface area contributed by atoms with Gasteiger partial charge in [-0.3, -0.25) is 9.52 Å². The van der Waals surface area contributed by atoms with Gasteiger partial charge in [-0.15, -0.1) is 0 Å². The van der Waals surface area contributed by atoms with Crippen molar-refractivity contribution in [3.8, 4) is 0 Å². The molecule has 0 radical (unpaired) electrons. The molecule has 7 nitrogen and oxygen atoms in total. The smallest absolute Gasteiger partial charge is 0.338 e. The average Bonchev–Trinajstić information content (AvgIpc) is 2.64. The van der Waals surface area contributed by atoms with Crippen molar-refractivity contribution in [3.05, 3.63) is 59.2 Å². The molecule has 0 fully saturated rings. The summed E-state index contributed by atoms with van der Waals surface area (Å²) in [6, 6.07) is 11.0. The van der Waals surface area contributed by atoms with Crippen LogP contribution in [-0.2, 0) is 14.8 Å². The molecule has 0 bridgehead atoms. The summed E-state index contributed by atoms with van der Waals surface area (Å²) < 4.78 is 30.5. The fourth-order valence-electron chi connectivity index (χ4n) is 2.23. The minimum absolute atomic E-state index is 0.0364. The number of nitrogens with one attached hydrogen (secondary N) is 2. The molecular formula is C19H22N2O5S. The third kappa shape index (κ3) is 5.55. The van der Waals surface area contributed by atoms with Crippen LogP contribution in [0.5, 0.6) is 0 Å². The van der Waals surface area contributed by atoms with Gasteiger partial charge in [0.05, 0.1) is 17.9 Å². The summed E-state index contributed by atoms with van der Waals surface area (Å²) in [5.74, 6) is -0.865. The van der Waals surface area contributed by atoms with Crippen molar-refractivity contribution in [1.29, 1.82) is 0 Å². The Bertz CT molecular complexity index is 937. The molecule has 1 amide bonds. The molecule has 144 valence electrons. The average molecular weight is 390 g/mol. The number of amides is 1. The molecule has 27 heavy (non-hydrogen) atoms. The van der Waals surface area contributed by atoms with Crippen molar-refractivity contribution in [2.24, 2.45) is 0 Å². The van der Waals surface area contributed by atoms with Crippen molar-refractivity contribution in [2.45, 2.75) is 20.8 Å². The molecule has 0 saturated heterocycles. The van der Waals surface area contributed by atoms with Crippen molar-refractivity contribution in [2.75, 3.05) is 22.4 Å². The molecule has 0 aliphatic heterocycles. The van der Waals surface area contributed by atoms with Crippen LogP contribution >= 0.6 is 0 Å². The van der Waals surface area contributed by atoms with Crippen LogP contribution in [0.25, 0.3) is 0 Å². The van der Waals surface area contributed by atoms with Crippen LogP contribution in [0.2, 0.25) is 0 Å². The first kappa shape index (κ1) is 20.4. The van der Waals surface area contributed by atoms with Crippen LogP contribution in [0.15, 0.2) is 42.5 Å². The Morgan fingerprint density at radius 3 is 2.22 bits per heavy atom. The molecule has 2 aromatic rings. The summed E-state index contributed by atoms with van der Waals surface area (Å²) in [7, 11) is -3.37. The van der Waals surface area contributed by atoms with E-state index in [4.69, 9.17) is 4.74 Å². The predicted octanol–water partition coefficient (Wildman–Crippen LogP) is 3.19. The Morgan fingerprint density at radius 2 is 1.63 bits per heavy atom. The van der Waals surface area contributed by atoms with Gasteiger partial charge in [0.1, 0.15) is 0 Å². The lowest BCUT2D eigenvalue weighted by Gasteiger charge is -2.11. The maximum atomic E-state index is 12.5. The Balaban J connectivity index is 2.15. The lowest BCUT2D eigenvalue weighted by molar-refractivity contribution is 0.0526. The Morgan fingerprint density at radius 1 is 1.00 bits per heavy atom. The number of anilines is 2. The highest BCUT2D eigenvalue weighted by Gasteiger charge is 2.13. The molecule has 2 aromatic carbocycles. The minimum atomic E-state index is -3.37. The number of carbonyl (C=O) groups excluding carboxylic acids is 2. The van der Waals surface area contributed by atoms with Crippen LogP contribution in [0.4, 0.5) is 11.4 Å². The molecule has 0 aromatic heterocycles. The predicted molar refractivity (Wildman–Crippen MR) is 105 cm³/mol. The topological polar surface area (TPSA) is 102 Å². The van der Waals surface area contributed by atoms with Crippen LogP contribution < -0.4 is 10.0 Å². The summed E-state index contributed by atoms with van der Waals surface area (Å²) in [4.78, 5) is 24.3. The van der Waals surface area contributed by atoms with Gasteiger partial charge in [-0.05, 0) is 62.7 Å². The summed E-state index contributed by atoms with van der Waals surface area (Å²) >= 11 is 0. The molecule has 0 heterocycles. The Hall–Kier alpha value is -2.87. The standard InChI is InChI=1S/C19H22N2O5S/c1-4-26-19(23)15-7-6-13(3)17(12-15)20-18(22)14-8-10-16(11-9-14)21-27(24,25)5-2/h6-12,21H,4-5H2,1-3H3,(H,20,22). The van der Waals surface area contributed by atoms with Crippen LogP contribution in [0.1, 0.15) is 40.1 Å². The lowest BCUT2D eigenvalue weighted by Crippen LogP contribution is -2.16. The van der Waals surface area contributed by atoms with Crippen LogP contribution in [-0.4, -0.2) is 32.7 Å². The van der Waals surface area contributed by atoms with Crippen molar-refractivity contribution in [3.63, 3.8) is 0 Å². The first-order valence-corrected chi connectivity index (χ1v) is 10.1. The number of esters is 1. The molecule has 8 heteroatoms. The van der Waals surface area contributed by atoms with E-state index in [-0.39, 0.29) is 18.3 Å². The number of hydrogen-bond donors (Lipinski definition) is 2. The molecule has 0 spiro atoms. The fraction of sp³-hybridized carbons (Fsp3) is 0.263. The zero-order valence-electron chi connectivity index (χ0n) is 15.4. The summed E-state index contributed by atoms with van der Waals surface area (Å²) in [6.45, 7) is 5.34. The maximum absolute atomic E-state index is 12.5. The number of hydrogen-bond acceptors (Lipinski definition) is 5. The monoisotopic (exact) mass is 390 g/mol. The lowest BCUT2D eigenvalue weighted by atomic mass is 10.1. The number of rotatable bonds is 7. The van der Waals surface area contributed by atoms with Crippen molar-refractivity contribution in [1.82, 2.24) is 0 Å². The normalized spacial score (nSPS) is 10.9. The summed E-state index contributed by atoms with van der Waals surface area (Å²) in [5.41, 5.74) is 2.39. The zero-order valence-corrected chi connectivity index (χ0v) is 16.2. The molecule has 0 unspecified atom stereocenters. The van der Waals surface area contributed by atoms with E-state index >= 15 is 0 Å². The van der Waals surface area contributed by atoms with Gasteiger partial charge in [-0.25, -0.2) is 13.2 Å². The number of carbonyl (C=O) groups is 2. The molecule has 2 N–H and O–H groups in total. The van der Waals surface area contributed by atoms with Gasteiger partial charge >= 0.3 is 5.97 Å². The SMILES string of the molecule is CCOC(=O)c1ccc(C)c(NC(=O)c2ccc(NS(=O)(=O)CC)cc2)c1. The second-order valence-electron chi connectivity index (χ2n) is 5.79. The van der Waals surface area contributed by atoms with E-state index in [0.717, 1.165) is 5.56 Å². The second kappa shape index (κ2) is 8.68. The maximum Gasteiger partial charge on any atom is 0.338 e. The van der Waals surface area contributed by atoms with Crippen molar-refractivity contribution < 1.29 is 22.7 Å². The molecule has 0 aliphatic carbocycles. The highest BCUT2D eigenvalue weighted by atomic mass is 32.2. The highest BCUT2D eigenvalue weighted by molar-refractivity contribution is 7.92. The fourth-order valence-corrected chi connectivity index (χ4v) is 2.87. The van der Waals surface area contributed by atoms with Crippen molar-refractivity contribution >= 4 is 33.3 Å². The van der Waals surface area contributed by atoms with E-state index in [1.807, 2.05) is 6.92 Å². The van der Waals surface area contributed by atoms with E-state index < -0.39 is 16.0 Å². The first-order valence-electron chi connectivity index (χ1n) is 8.45. The Labute approximate surface area is 158 Å². The first-order chi connectivity index (χ1) is 12.8. The number of aryl methyl sites for hydroxylation is 1. The van der Waals surface area contributed by atoms with E-state index in [0.29, 0.717) is 22.5 Å². The van der Waals surface area contributed by atoms with Gasteiger partial charge in [0.25, 0.3) is 5.91 Å². The van der Waals surface area contributed by atoms with E-state index in [9.17, 15) is 18.0 Å². The Kier molecular flexibility index (Phi) is 6.57. The molecule has 0 saturated carbocycles. The van der Waals surface area contributed by atoms with Gasteiger partial charge in [0, 0.05) is 16.9 Å². The van der Waals surface area contributed by atoms with Gasteiger partial charge in [0.2, 0.25) is 10.0 Å². The third-order valence-corrected chi connectivity index (χ3v) is 5.10. The summed E-state index contributed by atoms with van der Waals surface area (Å²) in [5, 5.41) is 2.76. The molecule has 0 atom stereocenters. The number of benzene rings is 2. The van der Waals surface area contributed by atoms with E-state index in [2.05, 4.69) is 10.0 Å².